The van der Waals surface area contributed by atoms with Crippen molar-refractivity contribution in [3.63, 3.8) is 0 Å². The van der Waals surface area contributed by atoms with Gasteiger partial charge >= 0.3 is 6.09 Å². The zero-order valence-electron chi connectivity index (χ0n) is 14.8. The fourth-order valence-electron chi connectivity index (χ4n) is 3.80. The molecule has 1 atom stereocenters. The summed E-state index contributed by atoms with van der Waals surface area (Å²) in [6, 6.07) is 8.87. The zero-order valence-corrected chi connectivity index (χ0v) is 14.8. The number of nitrogens with one attached hydrogen (secondary N) is 1. The van der Waals surface area contributed by atoms with E-state index >= 15 is 0 Å². The van der Waals surface area contributed by atoms with Crippen molar-refractivity contribution < 1.29 is 14.3 Å². The van der Waals surface area contributed by atoms with E-state index in [0.29, 0.717) is 18.7 Å². The van der Waals surface area contributed by atoms with Gasteiger partial charge in [0.25, 0.3) is 0 Å². The normalized spacial score (nSPS) is 22.1. The van der Waals surface area contributed by atoms with Crippen molar-refractivity contribution in [2.45, 2.75) is 69.9 Å². The zero-order chi connectivity index (χ0) is 17.5. The summed E-state index contributed by atoms with van der Waals surface area (Å²) in [7, 11) is 0. The summed E-state index contributed by atoms with van der Waals surface area (Å²) in [5.74, 6) is 0.492. The molecular weight excluding hydrogens is 316 g/mol. The highest BCUT2D eigenvalue weighted by Crippen LogP contribution is 2.22. The quantitative estimate of drug-likeness (QED) is 0.905. The van der Waals surface area contributed by atoms with Crippen LogP contribution in [0.15, 0.2) is 30.3 Å². The summed E-state index contributed by atoms with van der Waals surface area (Å²) in [6.07, 6.45) is 9.39. The minimum atomic E-state index is -0.429. The van der Waals surface area contributed by atoms with E-state index in [9.17, 15) is 9.59 Å². The standard InChI is InChI=1S/C20H28N2O3/c23-19(21-16-10-5-2-1-3-6-11-16)18-14-9-15-22(18)20(24)25-17-12-7-4-8-13-17/h4,7-8,12-13,16,18H,1-3,5-6,9-11,14-15H2,(H,21,23)/t18-/m0/s1. The highest BCUT2D eigenvalue weighted by Gasteiger charge is 2.36. The lowest BCUT2D eigenvalue weighted by Gasteiger charge is -2.27. The molecule has 1 saturated carbocycles. The maximum Gasteiger partial charge on any atom is 0.415 e. The van der Waals surface area contributed by atoms with Gasteiger partial charge in [0.15, 0.2) is 0 Å². The Hall–Kier alpha value is -2.04. The van der Waals surface area contributed by atoms with Gasteiger partial charge in [-0.2, -0.15) is 0 Å². The molecule has 1 aliphatic carbocycles. The molecule has 2 fully saturated rings. The van der Waals surface area contributed by atoms with Crippen LogP contribution in [-0.2, 0) is 4.79 Å². The number of carbonyl (C=O) groups is 2. The molecule has 0 aromatic heterocycles. The number of rotatable bonds is 3. The molecule has 2 aliphatic rings. The fourth-order valence-corrected chi connectivity index (χ4v) is 3.80. The van der Waals surface area contributed by atoms with Gasteiger partial charge in [-0.25, -0.2) is 4.79 Å². The molecule has 1 saturated heterocycles. The Kier molecular flexibility index (Phi) is 6.31. The molecule has 1 aliphatic heterocycles. The van der Waals surface area contributed by atoms with Crippen LogP contribution in [0.3, 0.4) is 0 Å². The lowest BCUT2D eigenvalue weighted by atomic mass is 9.96. The van der Waals surface area contributed by atoms with Crippen molar-refractivity contribution in [2.75, 3.05) is 6.54 Å². The second-order valence-corrected chi connectivity index (χ2v) is 7.08. The van der Waals surface area contributed by atoms with Gasteiger partial charge in [0.2, 0.25) is 5.91 Å². The lowest BCUT2D eigenvalue weighted by Crippen LogP contribution is -2.49. The molecule has 1 aromatic carbocycles. The Morgan fingerprint density at radius 2 is 1.60 bits per heavy atom. The third-order valence-electron chi connectivity index (χ3n) is 5.19. The van der Waals surface area contributed by atoms with Crippen LogP contribution in [0.1, 0.15) is 57.8 Å². The number of nitrogens with zero attached hydrogens (tertiary/aromatic N) is 1. The first-order valence-corrected chi connectivity index (χ1v) is 9.58. The van der Waals surface area contributed by atoms with Crippen molar-refractivity contribution in [2.24, 2.45) is 0 Å². The van der Waals surface area contributed by atoms with E-state index < -0.39 is 12.1 Å². The van der Waals surface area contributed by atoms with Gasteiger partial charge in [-0.15, -0.1) is 0 Å². The highest BCUT2D eigenvalue weighted by atomic mass is 16.6. The van der Waals surface area contributed by atoms with Gasteiger partial charge in [-0.3, -0.25) is 9.69 Å². The molecule has 1 N–H and O–H groups in total. The Morgan fingerprint density at radius 1 is 0.920 bits per heavy atom. The van der Waals surface area contributed by atoms with Gasteiger partial charge < -0.3 is 10.1 Å². The van der Waals surface area contributed by atoms with Gasteiger partial charge in [0, 0.05) is 12.6 Å². The molecule has 0 bridgehead atoms. The third kappa shape index (κ3) is 4.97. The van der Waals surface area contributed by atoms with Gasteiger partial charge in [0.1, 0.15) is 11.8 Å². The molecule has 136 valence electrons. The van der Waals surface area contributed by atoms with Gasteiger partial charge in [0.05, 0.1) is 0 Å². The van der Waals surface area contributed by atoms with E-state index in [2.05, 4.69) is 5.32 Å². The molecule has 1 heterocycles. The first-order chi connectivity index (χ1) is 12.2. The number of benzene rings is 1. The maximum atomic E-state index is 12.7. The summed E-state index contributed by atoms with van der Waals surface area (Å²) in [4.78, 5) is 26.7. The molecule has 0 radical (unpaired) electrons. The smallest absolute Gasteiger partial charge is 0.410 e. The monoisotopic (exact) mass is 344 g/mol. The van der Waals surface area contributed by atoms with Crippen LogP contribution in [0.25, 0.3) is 0 Å². The average Bonchev–Trinajstić information content (AvgIpc) is 3.08. The van der Waals surface area contributed by atoms with Crippen LogP contribution in [-0.4, -0.2) is 35.5 Å². The van der Waals surface area contributed by atoms with Gasteiger partial charge in [-0.1, -0.05) is 50.3 Å². The summed E-state index contributed by atoms with van der Waals surface area (Å²) in [5.41, 5.74) is 0. The molecule has 3 rings (SSSR count). The predicted octanol–water partition coefficient (Wildman–Crippen LogP) is 3.88. The van der Waals surface area contributed by atoms with Crippen molar-refractivity contribution >= 4 is 12.0 Å². The Morgan fingerprint density at radius 3 is 2.32 bits per heavy atom. The largest absolute Gasteiger partial charge is 0.415 e. The lowest BCUT2D eigenvalue weighted by molar-refractivity contribution is -0.125. The van der Waals surface area contributed by atoms with Crippen LogP contribution >= 0.6 is 0 Å². The number of hydrogen-bond acceptors (Lipinski definition) is 3. The Bertz CT molecular complexity index is 568. The molecule has 0 spiro atoms. The third-order valence-corrected chi connectivity index (χ3v) is 5.19. The molecule has 25 heavy (non-hydrogen) atoms. The number of hydrogen-bond donors (Lipinski definition) is 1. The summed E-state index contributed by atoms with van der Waals surface area (Å²) in [6.45, 7) is 0.578. The Balaban J connectivity index is 1.56. The molecule has 5 nitrogen and oxygen atoms in total. The van der Waals surface area contributed by atoms with Crippen LogP contribution in [0.4, 0.5) is 4.79 Å². The van der Waals surface area contributed by atoms with Crippen LogP contribution < -0.4 is 10.1 Å². The molecular formula is C20H28N2O3. The number of amides is 2. The number of para-hydroxylation sites is 1. The summed E-state index contributed by atoms with van der Waals surface area (Å²) in [5, 5.41) is 3.19. The van der Waals surface area contributed by atoms with E-state index in [1.54, 1.807) is 17.0 Å². The molecule has 5 heteroatoms. The molecule has 0 unspecified atom stereocenters. The van der Waals surface area contributed by atoms with E-state index in [4.69, 9.17) is 4.74 Å². The second kappa shape index (κ2) is 8.88. The van der Waals surface area contributed by atoms with Crippen molar-refractivity contribution in [1.82, 2.24) is 10.2 Å². The summed E-state index contributed by atoms with van der Waals surface area (Å²) >= 11 is 0. The van der Waals surface area contributed by atoms with Crippen molar-refractivity contribution in [1.29, 1.82) is 0 Å². The SMILES string of the molecule is O=C(NC1CCCCCCC1)[C@@H]1CCCN1C(=O)Oc1ccccc1. The van der Waals surface area contributed by atoms with Crippen molar-refractivity contribution in [3.8, 4) is 5.75 Å². The van der Waals surface area contributed by atoms with E-state index in [1.807, 2.05) is 18.2 Å². The molecule has 2 amide bonds. The Labute approximate surface area is 149 Å². The first kappa shape index (κ1) is 17.8. The summed E-state index contributed by atoms with van der Waals surface area (Å²) < 4.78 is 5.41. The highest BCUT2D eigenvalue weighted by molar-refractivity contribution is 5.86. The molecule has 1 aromatic rings. The number of likely N-dealkylation sites (tertiary alicyclic amines) is 1. The van der Waals surface area contributed by atoms with E-state index in [1.165, 1.54) is 32.1 Å². The van der Waals surface area contributed by atoms with Gasteiger partial charge in [-0.05, 0) is 37.8 Å². The van der Waals surface area contributed by atoms with Crippen LogP contribution in [0, 0.1) is 0 Å². The fraction of sp³-hybridized carbons (Fsp3) is 0.600. The minimum Gasteiger partial charge on any atom is -0.410 e. The number of carbonyl (C=O) groups excluding carboxylic acids is 2. The first-order valence-electron chi connectivity index (χ1n) is 9.58. The minimum absolute atomic E-state index is 0.0203. The van der Waals surface area contributed by atoms with E-state index in [-0.39, 0.29) is 11.9 Å². The second-order valence-electron chi connectivity index (χ2n) is 7.08. The predicted molar refractivity (Wildman–Crippen MR) is 96.4 cm³/mol. The van der Waals surface area contributed by atoms with E-state index in [0.717, 1.165) is 19.3 Å². The van der Waals surface area contributed by atoms with Crippen LogP contribution in [0.2, 0.25) is 0 Å². The average molecular weight is 344 g/mol. The van der Waals surface area contributed by atoms with Crippen LogP contribution in [0.5, 0.6) is 5.75 Å². The topological polar surface area (TPSA) is 58.6 Å². The van der Waals surface area contributed by atoms with Crippen molar-refractivity contribution in [3.05, 3.63) is 30.3 Å². The number of ether oxygens (including phenoxy) is 1. The maximum absolute atomic E-state index is 12.7.